The number of aliphatic hydroxyl groups excluding tert-OH is 1. The van der Waals surface area contributed by atoms with Crippen molar-refractivity contribution in [3.8, 4) is 0 Å². The number of rotatable bonds is 16. The van der Waals surface area contributed by atoms with Gasteiger partial charge in [0, 0.05) is 0 Å². The molecule has 0 amide bonds. The predicted molar refractivity (Wildman–Crippen MR) is 97.3 cm³/mol. The van der Waals surface area contributed by atoms with E-state index in [9.17, 15) is 18.1 Å². The predicted octanol–water partition coefficient (Wildman–Crippen LogP) is 5.10. The van der Waals surface area contributed by atoms with Crippen LogP contribution in [0.5, 0.6) is 0 Å². The molecule has 140 valence electrons. The average Bonchev–Trinajstić information content (AvgIpc) is 2.46. The van der Waals surface area contributed by atoms with Crippen molar-refractivity contribution in [3.05, 3.63) is 0 Å². The van der Waals surface area contributed by atoms with E-state index in [1.54, 1.807) is 6.92 Å². The maximum Gasteiger partial charge on any atom is 0.267 e. The van der Waals surface area contributed by atoms with Gasteiger partial charge < -0.3 is 5.11 Å². The Balaban J connectivity index is 3.77. The average molecular weight is 351 g/mol. The first-order valence-electron chi connectivity index (χ1n) is 9.52. The minimum Gasteiger partial charge on any atom is -0.393 e. The molecule has 23 heavy (non-hydrogen) atoms. The smallest absolute Gasteiger partial charge is 0.267 e. The van der Waals surface area contributed by atoms with Gasteiger partial charge in [0.05, 0.1) is 11.4 Å². The summed E-state index contributed by atoms with van der Waals surface area (Å²) in [6.45, 7) is 3.98. The maximum absolute atomic E-state index is 11.5. The summed E-state index contributed by atoms with van der Waals surface area (Å²) in [4.78, 5) is 0. The maximum atomic E-state index is 11.5. The Bertz CT molecular complexity index is 352. The highest BCUT2D eigenvalue weighted by Gasteiger charge is 2.21. The van der Waals surface area contributed by atoms with Gasteiger partial charge in [-0.3, -0.25) is 4.55 Å². The molecule has 0 radical (unpaired) electrons. The fraction of sp³-hybridized carbons (Fsp3) is 1.00. The van der Waals surface area contributed by atoms with Gasteiger partial charge in [0.25, 0.3) is 10.1 Å². The number of hydrogen-bond acceptors (Lipinski definition) is 3. The van der Waals surface area contributed by atoms with Crippen LogP contribution in [0.3, 0.4) is 0 Å². The molecule has 0 saturated heterocycles. The van der Waals surface area contributed by atoms with Crippen LogP contribution in [0.1, 0.15) is 104 Å². The Labute approximate surface area is 143 Å². The first-order chi connectivity index (χ1) is 10.9. The first-order valence-corrected chi connectivity index (χ1v) is 11.0. The second-order valence-electron chi connectivity index (χ2n) is 6.89. The zero-order valence-corrected chi connectivity index (χ0v) is 16.0. The van der Waals surface area contributed by atoms with Crippen molar-refractivity contribution in [1.82, 2.24) is 0 Å². The van der Waals surface area contributed by atoms with Gasteiger partial charge in [-0.05, 0) is 26.2 Å². The summed E-state index contributed by atoms with van der Waals surface area (Å²) in [5.41, 5.74) is 0. The normalized spacial score (nSPS) is 14.8. The quantitative estimate of drug-likeness (QED) is 0.300. The topological polar surface area (TPSA) is 74.6 Å². The number of aliphatic hydroxyl groups is 1. The zero-order valence-electron chi connectivity index (χ0n) is 15.2. The summed E-state index contributed by atoms with van der Waals surface area (Å²) < 4.78 is 32.3. The Morgan fingerprint density at radius 1 is 0.739 bits per heavy atom. The summed E-state index contributed by atoms with van der Waals surface area (Å²) in [7, 11) is -3.90. The Hall–Kier alpha value is -0.130. The van der Waals surface area contributed by atoms with Crippen LogP contribution in [0, 0.1) is 0 Å². The van der Waals surface area contributed by atoms with E-state index in [-0.39, 0.29) is 6.10 Å². The van der Waals surface area contributed by atoms with Gasteiger partial charge in [-0.25, -0.2) is 0 Å². The molecule has 0 saturated carbocycles. The zero-order chi connectivity index (χ0) is 17.6. The summed E-state index contributed by atoms with van der Waals surface area (Å²) in [5.74, 6) is 0. The SMILES string of the molecule is CCCCCCCCC(CCCCCCCC(C)O)S(=O)(=O)O. The molecule has 0 aliphatic heterocycles. The molecule has 0 aromatic rings. The lowest BCUT2D eigenvalue weighted by molar-refractivity contribution is 0.180. The highest BCUT2D eigenvalue weighted by Crippen LogP contribution is 2.19. The second-order valence-corrected chi connectivity index (χ2v) is 8.58. The Morgan fingerprint density at radius 2 is 1.13 bits per heavy atom. The molecular weight excluding hydrogens is 312 g/mol. The van der Waals surface area contributed by atoms with Gasteiger partial charge in [0.2, 0.25) is 0 Å². The van der Waals surface area contributed by atoms with Crippen molar-refractivity contribution in [2.75, 3.05) is 0 Å². The van der Waals surface area contributed by atoms with Gasteiger partial charge in [-0.2, -0.15) is 8.42 Å². The molecule has 0 aromatic carbocycles. The van der Waals surface area contributed by atoms with Crippen molar-refractivity contribution in [1.29, 1.82) is 0 Å². The van der Waals surface area contributed by atoms with Crippen LogP contribution in [0.15, 0.2) is 0 Å². The summed E-state index contributed by atoms with van der Waals surface area (Å²) in [6.07, 6.45) is 13.6. The Kier molecular flexibility index (Phi) is 14.2. The standard InChI is InChI=1S/C18H38O4S/c1-3-4-5-6-9-12-15-18(23(20,21)22)16-13-10-7-8-11-14-17(2)19/h17-19H,3-16H2,1-2H3,(H,20,21,22). The molecule has 0 rings (SSSR count). The molecule has 0 heterocycles. The van der Waals surface area contributed by atoms with E-state index >= 15 is 0 Å². The Morgan fingerprint density at radius 3 is 1.52 bits per heavy atom. The van der Waals surface area contributed by atoms with Gasteiger partial charge in [0.15, 0.2) is 0 Å². The molecule has 2 atom stereocenters. The lowest BCUT2D eigenvalue weighted by Gasteiger charge is -2.13. The van der Waals surface area contributed by atoms with Crippen molar-refractivity contribution in [2.24, 2.45) is 0 Å². The summed E-state index contributed by atoms with van der Waals surface area (Å²) in [6, 6.07) is 0. The number of hydrogen-bond donors (Lipinski definition) is 2. The van der Waals surface area contributed by atoms with E-state index in [2.05, 4.69) is 6.92 Å². The van der Waals surface area contributed by atoms with Crippen molar-refractivity contribution in [2.45, 2.75) is 115 Å². The van der Waals surface area contributed by atoms with E-state index < -0.39 is 15.4 Å². The van der Waals surface area contributed by atoms with Crippen LogP contribution < -0.4 is 0 Å². The third kappa shape index (κ3) is 15.2. The minimum absolute atomic E-state index is 0.226. The van der Waals surface area contributed by atoms with E-state index in [0.717, 1.165) is 57.8 Å². The van der Waals surface area contributed by atoms with Crippen LogP contribution in [0.25, 0.3) is 0 Å². The van der Waals surface area contributed by atoms with Gasteiger partial charge in [-0.1, -0.05) is 77.6 Å². The largest absolute Gasteiger partial charge is 0.393 e. The van der Waals surface area contributed by atoms with Crippen LogP contribution in [-0.4, -0.2) is 29.4 Å². The molecule has 4 nitrogen and oxygen atoms in total. The van der Waals surface area contributed by atoms with Crippen LogP contribution in [0.2, 0.25) is 0 Å². The molecule has 0 bridgehead atoms. The molecule has 0 aliphatic rings. The minimum atomic E-state index is -3.90. The fourth-order valence-electron chi connectivity index (χ4n) is 2.94. The second kappa shape index (κ2) is 14.2. The molecule has 0 aromatic heterocycles. The summed E-state index contributed by atoms with van der Waals surface area (Å²) >= 11 is 0. The lowest BCUT2D eigenvalue weighted by Crippen LogP contribution is -2.20. The van der Waals surface area contributed by atoms with Gasteiger partial charge >= 0.3 is 0 Å². The monoisotopic (exact) mass is 350 g/mol. The van der Waals surface area contributed by atoms with E-state index in [0.29, 0.717) is 12.8 Å². The fourth-order valence-corrected chi connectivity index (χ4v) is 3.87. The third-order valence-electron chi connectivity index (χ3n) is 4.45. The summed E-state index contributed by atoms with van der Waals surface area (Å²) in [5, 5.41) is 8.60. The number of unbranched alkanes of at least 4 members (excludes halogenated alkanes) is 9. The molecule has 2 N–H and O–H groups in total. The highest BCUT2D eigenvalue weighted by atomic mass is 32.2. The molecule has 5 heteroatoms. The highest BCUT2D eigenvalue weighted by molar-refractivity contribution is 7.86. The van der Waals surface area contributed by atoms with Crippen molar-refractivity contribution in [3.63, 3.8) is 0 Å². The molecular formula is C18H38O4S. The van der Waals surface area contributed by atoms with E-state index in [4.69, 9.17) is 0 Å². The van der Waals surface area contributed by atoms with Crippen molar-refractivity contribution >= 4 is 10.1 Å². The van der Waals surface area contributed by atoms with Crippen LogP contribution in [0.4, 0.5) is 0 Å². The van der Waals surface area contributed by atoms with Crippen molar-refractivity contribution < 1.29 is 18.1 Å². The van der Waals surface area contributed by atoms with Gasteiger partial charge in [0.1, 0.15) is 0 Å². The van der Waals surface area contributed by atoms with E-state index in [1.165, 1.54) is 19.3 Å². The molecule has 0 spiro atoms. The first kappa shape index (κ1) is 22.9. The lowest BCUT2D eigenvalue weighted by atomic mass is 10.0. The van der Waals surface area contributed by atoms with Gasteiger partial charge in [-0.15, -0.1) is 0 Å². The van der Waals surface area contributed by atoms with Crippen LogP contribution >= 0.6 is 0 Å². The molecule has 2 unspecified atom stereocenters. The van der Waals surface area contributed by atoms with E-state index in [1.807, 2.05) is 0 Å². The third-order valence-corrected chi connectivity index (χ3v) is 5.76. The van der Waals surface area contributed by atoms with Crippen LogP contribution in [-0.2, 0) is 10.1 Å². The molecule has 0 fully saturated rings. The molecule has 0 aliphatic carbocycles.